The van der Waals surface area contributed by atoms with Gasteiger partial charge in [0.25, 0.3) is 0 Å². The first-order valence-corrected chi connectivity index (χ1v) is 10.8. The number of furan rings is 1. The lowest BCUT2D eigenvalue weighted by Gasteiger charge is -1.99. The second-order valence-corrected chi connectivity index (χ2v) is 8.11. The maximum absolute atomic E-state index is 12.1. The molecule has 0 fully saturated rings. The summed E-state index contributed by atoms with van der Waals surface area (Å²) < 4.78 is 13.5. The molecule has 4 rings (SSSR count). The highest BCUT2D eigenvalue weighted by molar-refractivity contribution is 9.10. The summed E-state index contributed by atoms with van der Waals surface area (Å²) in [6, 6.07) is 17.1. The van der Waals surface area contributed by atoms with Crippen LogP contribution in [0.2, 0.25) is 0 Å². The minimum atomic E-state index is -0.489. The Bertz CT molecular complexity index is 1300. The van der Waals surface area contributed by atoms with Crippen molar-refractivity contribution in [2.75, 3.05) is 6.61 Å². The number of benzene rings is 2. The van der Waals surface area contributed by atoms with Gasteiger partial charge in [-0.1, -0.05) is 45.5 Å². The lowest BCUT2D eigenvalue weighted by molar-refractivity contribution is 0.0524. The highest BCUT2D eigenvalue weighted by Crippen LogP contribution is 2.23. The number of fused-ring (bicyclic) bond motifs is 1. The van der Waals surface area contributed by atoms with Crippen molar-refractivity contribution >= 4 is 49.9 Å². The van der Waals surface area contributed by atoms with Gasteiger partial charge >= 0.3 is 5.97 Å². The summed E-state index contributed by atoms with van der Waals surface area (Å²) in [6.07, 6.45) is 0. The molecule has 0 spiro atoms. The van der Waals surface area contributed by atoms with Gasteiger partial charge in [-0.25, -0.2) is 9.48 Å². The fourth-order valence-electron chi connectivity index (χ4n) is 2.72. The predicted octanol–water partition coefficient (Wildman–Crippen LogP) is 4.94. The van der Waals surface area contributed by atoms with Gasteiger partial charge in [0, 0.05) is 9.86 Å². The number of hydrogen-bond donors (Lipinski definition) is 0. The Hall–Kier alpha value is -3.04. The summed E-state index contributed by atoms with van der Waals surface area (Å²) in [4.78, 5) is 12.6. The average Bonchev–Trinajstić information content (AvgIpc) is 3.37. The van der Waals surface area contributed by atoms with Crippen LogP contribution in [0.1, 0.15) is 29.4 Å². The standard InChI is InChI=1S/C21H17BrN4O3S/c1-3-28-20(27)19-25-26(16-7-5-4-6-8-16)21(30-19)24-23-13(2)18-12-14-11-15(22)9-10-17(14)29-18/h4-12H,3H2,1-2H3/b23-13-,24-21-. The van der Waals surface area contributed by atoms with Crippen LogP contribution in [0.4, 0.5) is 0 Å². The van der Waals surface area contributed by atoms with Crippen LogP contribution in [-0.2, 0) is 4.74 Å². The molecule has 0 N–H and O–H groups in total. The van der Waals surface area contributed by atoms with Crippen molar-refractivity contribution in [3.05, 3.63) is 74.6 Å². The number of aromatic nitrogens is 2. The molecule has 0 radical (unpaired) electrons. The summed E-state index contributed by atoms with van der Waals surface area (Å²) in [5, 5.41) is 14.2. The number of hydrogen-bond acceptors (Lipinski definition) is 7. The smallest absolute Gasteiger partial charge is 0.369 e. The summed E-state index contributed by atoms with van der Waals surface area (Å²) in [7, 11) is 0. The van der Waals surface area contributed by atoms with Gasteiger partial charge in [-0.15, -0.1) is 15.3 Å². The molecule has 0 aliphatic rings. The van der Waals surface area contributed by atoms with Crippen LogP contribution in [0.25, 0.3) is 16.7 Å². The Kier molecular flexibility index (Phi) is 5.91. The molecule has 0 atom stereocenters. The third kappa shape index (κ3) is 4.27. The first kappa shape index (κ1) is 20.2. The topological polar surface area (TPSA) is 82.0 Å². The Morgan fingerprint density at radius 2 is 2.03 bits per heavy atom. The van der Waals surface area contributed by atoms with Crippen LogP contribution in [0, 0.1) is 0 Å². The van der Waals surface area contributed by atoms with Crippen LogP contribution in [0.5, 0.6) is 0 Å². The molecule has 2 aromatic heterocycles. The summed E-state index contributed by atoms with van der Waals surface area (Å²) in [5.41, 5.74) is 2.14. The molecule has 0 bridgehead atoms. The molecule has 2 aromatic carbocycles. The highest BCUT2D eigenvalue weighted by Gasteiger charge is 2.15. The number of carbonyl (C=O) groups is 1. The molecule has 4 aromatic rings. The monoisotopic (exact) mass is 484 g/mol. The Labute approximate surface area is 184 Å². The average molecular weight is 485 g/mol. The van der Waals surface area contributed by atoms with Crippen LogP contribution in [0.15, 0.2) is 73.7 Å². The number of nitrogens with zero attached hydrogens (tertiary/aromatic N) is 4. The molecule has 0 saturated carbocycles. The quantitative estimate of drug-likeness (QED) is 0.228. The minimum absolute atomic E-state index is 0.209. The molecule has 7 nitrogen and oxygen atoms in total. The SMILES string of the molecule is CCOC(=O)c1nn(-c2ccccc2)/c(=N/N=C(/C)c2cc3cc(Br)ccc3o2)s1. The largest absolute Gasteiger partial charge is 0.461 e. The zero-order valence-corrected chi connectivity index (χ0v) is 18.6. The summed E-state index contributed by atoms with van der Waals surface area (Å²) >= 11 is 4.57. The second-order valence-electron chi connectivity index (χ2n) is 6.24. The van der Waals surface area contributed by atoms with E-state index in [1.807, 2.05) is 61.5 Å². The normalized spacial score (nSPS) is 12.5. The maximum atomic E-state index is 12.1. The van der Waals surface area contributed by atoms with E-state index in [1.54, 1.807) is 11.6 Å². The predicted molar refractivity (Wildman–Crippen MR) is 119 cm³/mol. The summed E-state index contributed by atoms with van der Waals surface area (Å²) in [6.45, 7) is 3.84. The number of rotatable bonds is 5. The van der Waals surface area contributed by atoms with Gasteiger partial charge in [0.05, 0.1) is 12.3 Å². The van der Waals surface area contributed by atoms with E-state index in [1.165, 1.54) is 0 Å². The molecule has 0 unspecified atom stereocenters. The van der Waals surface area contributed by atoms with E-state index in [2.05, 4.69) is 31.2 Å². The second kappa shape index (κ2) is 8.76. The molecule has 0 saturated heterocycles. The van der Waals surface area contributed by atoms with E-state index >= 15 is 0 Å². The van der Waals surface area contributed by atoms with Gasteiger partial charge in [-0.2, -0.15) is 0 Å². The van der Waals surface area contributed by atoms with Crippen LogP contribution >= 0.6 is 27.3 Å². The lowest BCUT2D eigenvalue weighted by atomic mass is 10.2. The van der Waals surface area contributed by atoms with Crippen molar-refractivity contribution in [2.45, 2.75) is 13.8 Å². The molecule has 0 aliphatic carbocycles. The fraction of sp³-hybridized carbons (Fsp3) is 0.143. The van der Waals surface area contributed by atoms with E-state index in [9.17, 15) is 4.79 Å². The van der Waals surface area contributed by atoms with E-state index in [0.29, 0.717) is 16.3 Å². The molecule has 152 valence electrons. The first-order chi connectivity index (χ1) is 14.5. The van der Waals surface area contributed by atoms with Crippen LogP contribution in [0.3, 0.4) is 0 Å². The van der Waals surface area contributed by atoms with Crippen molar-refractivity contribution in [1.29, 1.82) is 0 Å². The van der Waals surface area contributed by atoms with Gasteiger partial charge in [0.1, 0.15) is 11.3 Å². The summed E-state index contributed by atoms with van der Waals surface area (Å²) in [5.74, 6) is 0.130. The van der Waals surface area contributed by atoms with Gasteiger partial charge < -0.3 is 9.15 Å². The highest BCUT2D eigenvalue weighted by atomic mass is 79.9. The van der Waals surface area contributed by atoms with Gasteiger partial charge in [0.15, 0.2) is 5.76 Å². The molecular formula is C21H17BrN4O3S. The zero-order chi connectivity index (χ0) is 21.1. The van der Waals surface area contributed by atoms with Crippen molar-refractivity contribution in [3.8, 4) is 5.69 Å². The number of ether oxygens (including phenoxy) is 1. The van der Waals surface area contributed by atoms with E-state index in [4.69, 9.17) is 9.15 Å². The van der Waals surface area contributed by atoms with Crippen LogP contribution in [-0.4, -0.2) is 28.1 Å². The number of esters is 1. The van der Waals surface area contributed by atoms with E-state index in [-0.39, 0.29) is 11.6 Å². The Morgan fingerprint density at radius 3 is 2.80 bits per heavy atom. The number of halogens is 1. The molecule has 9 heteroatoms. The van der Waals surface area contributed by atoms with Crippen molar-refractivity contribution < 1.29 is 13.9 Å². The van der Waals surface area contributed by atoms with Gasteiger partial charge in [-0.05, 0) is 50.2 Å². The number of para-hydroxylation sites is 1. The maximum Gasteiger partial charge on any atom is 0.369 e. The van der Waals surface area contributed by atoms with E-state index in [0.717, 1.165) is 32.5 Å². The van der Waals surface area contributed by atoms with Gasteiger partial charge in [0.2, 0.25) is 9.81 Å². The molecule has 0 amide bonds. The Morgan fingerprint density at radius 1 is 1.23 bits per heavy atom. The first-order valence-electron chi connectivity index (χ1n) is 9.15. The fourth-order valence-corrected chi connectivity index (χ4v) is 3.85. The van der Waals surface area contributed by atoms with Gasteiger partial charge in [-0.3, -0.25) is 0 Å². The third-order valence-electron chi connectivity index (χ3n) is 4.13. The minimum Gasteiger partial charge on any atom is -0.461 e. The van der Waals surface area contributed by atoms with E-state index < -0.39 is 5.97 Å². The lowest BCUT2D eigenvalue weighted by Crippen LogP contribution is -2.14. The van der Waals surface area contributed by atoms with Crippen molar-refractivity contribution in [3.63, 3.8) is 0 Å². The molecule has 30 heavy (non-hydrogen) atoms. The molecule has 2 heterocycles. The van der Waals surface area contributed by atoms with Crippen molar-refractivity contribution in [1.82, 2.24) is 9.78 Å². The van der Waals surface area contributed by atoms with Crippen LogP contribution < -0.4 is 4.80 Å². The molecular weight excluding hydrogens is 468 g/mol. The molecule has 0 aliphatic heterocycles. The zero-order valence-electron chi connectivity index (χ0n) is 16.2. The number of carbonyl (C=O) groups excluding carboxylic acids is 1. The third-order valence-corrected chi connectivity index (χ3v) is 5.50. The van der Waals surface area contributed by atoms with Crippen molar-refractivity contribution in [2.24, 2.45) is 10.2 Å². The Balaban J connectivity index is 1.76.